The summed E-state index contributed by atoms with van der Waals surface area (Å²) >= 11 is 0. The number of nitrogens with zero attached hydrogens (tertiary/aromatic N) is 1. The van der Waals surface area contributed by atoms with Crippen molar-refractivity contribution in [2.45, 2.75) is 39.3 Å². The summed E-state index contributed by atoms with van der Waals surface area (Å²) in [4.78, 5) is 2.30. The lowest BCUT2D eigenvalue weighted by Crippen LogP contribution is -2.73. The zero-order valence-corrected chi connectivity index (χ0v) is 7.88. The Morgan fingerprint density at radius 3 is 2.00 bits per heavy atom. The van der Waals surface area contributed by atoms with Crippen molar-refractivity contribution in [2.24, 2.45) is 0 Å². The molecule has 12 heavy (non-hydrogen) atoms. The summed E-state index contributed by atoms with van der Waals surface area (Å²) < 4.78 is 0. The van der Waals surface area contributed by atoms with Crippen LogP contribution in [0, 0.1) is 0 Å². The van der Waals surface area contributed by atoms with Crippen molar-refractivity contribution in [3.63, 3.8) is 0 Å². The zero-order valence-electron chi connectivity index (χ0n) is 7.88. The zero-order chi connectivity index (χ0) is 8.97. The van der Waals surface area contributed by atoms with Gasteiger partial charge in [-0.15, -0.1) is 0 Å². The van der Waals surface area contributed by atoms with Gasteiger partial charge in [0.2, 0.25) is 0 Å². The molecule has 0 amide bonds. The Kier molecular flexibility index (Phi) is 3.94. The lowest BCUT2D eigenvalue weighted by molar-refractivity contribution is -0.0740. The van der Waals surface area contributed by atoms with E-state index in [4.69, 9.17) is 5.11 Å². The van der Waals surface area contributed by atoms with Gasteiger partial charge in [-0.2, -0.15) is 0 Å². The van der Waals surface area contributed by atoms with E-state index in [0.717, 1.165) is 25.9 Å². The number of hydrogen-bond donors (Lipinski definition) is 3. The summed E-state index contributed by atoms with van der Waals surface area (Å²) in [5.74, 6) is 0. The van der Waals surface area contributed by atoms with E-state index in [1.165, 1.54) is 0 Å². The molecule has 0 saturated carbocycles. The molecule has 0 spiro atoms. The van der Waals surface area contributed by atoms with E-state index >= 15 is 0 Å². The molecule has 0 aromatic carbocycles. The Morgan fingerprint density at radius 1 is 1.17 bits per heavy atom. The Bertz CT molecular complexity index is 119. The third-order valence-corrected chi connectivity index (χ3v) is 2.02. The van der Waals surface area contributed by atoms with Crippen molar-refractivity contribution >= 4 is 0 Å². The van der Waals surface area contributed by atoms with E-state index in [0.29, 0.717) is 0 Å². The molecule has 0 aromatic rings. The molecule has 0 bridgehead atoms. The van der Waals surface area contributed by atoms with Crippen LogP contribution in [0.25, 0.3) is 0 Å². The lowest BCUT2D eigenvalue weighted by Gasteiger charge is -2.42. The van der Waals surface area contributed by atoms with E-state index in [-0.39, 0.29) is 6.29 Å². The molecule has 1 aliphatic rings. The molecule has 0 aliphatic carbocycles. The third-order valence-electron chi connectivity index (χ3n) is 2.02. The largest absolute Gasteiger partial charge is 0.365 e. The summed E-state index contributed by atoms with van der Waals surface area (Å²) in [7, 11) is 0. The second kappa shape index (κ2) is 4.77. The highest BCUT2D eigenvalue weighted by atomic mass is 16.3. The second-order valence-electron chi connectivity index (χ2n) is 3.17. The van der Waals surface area contributed by atoms with Crippen molar-refractivity contribution in [3.8, 4) is 0 Å². The molecule has 1 heterocycles. The molecule has 1 rings (SSSR count). The van der Waals surface area contributed by atoms with E-state index in [1.54, 1.807) is 0 Å². The third kappa shape index (κ3) is 2.42. The molecule has 4 heteroatoms. The van der Waals surface area contributed by atoms with Gasteiger partial charge < -0.3 is 5.11 Å². The molecular weight excluding hydrogens is 154 g/mol. The van der Waals surface area contributed by atoms with E-state index in [9.17, 15) is 0 Å². The molecule has 1 saturated heterocycles. The maximum Gasteiger partial charge on any atom is 0.164 e. The quantitative estimate of drug-likeness (QED) is 0.541. The summed E-state index contributed by atoms with van der Waals surface area (Å²) in [6, 6.07) is 0. The Morgan fingerprint density at radius 2 is 1.67 bits per heavy atom. The fourth-order valence-corrected chi connectivity index (χ4v) is 1.45. The normalized spacial score (nSPS) is 29.0. The molecule has 0 aromatic heterocycles. The minimum Gasteiger partial charge on any atom is -0.365 e. The van der Waals surface area contributed by atoms with Crippen LogP contribution >= 0.6 is 0 Å². The molecule has 1 aliphatic heterocycles. The van der Waals surface area contributed by atoms with Gasteiger partial charge in [0.1, 0.15) is 6.29 Å². The summed E-state index contributed by atoms with van der Waals surface area (Å²) in [6.45, 7) is 6.48. The highest BCUT2D eigenvalue weighted by Crippen LogP contribution is 2.03. The predicted octanol–water partition coefficient (Wildman–Crippen LogP) is -0.139. The number of hydrogen-bond acceptors (Lipinski definition) is 4. The number of aliphatic hydroxyl groups is 1. The summed E-state index contributed by atoms with van der Waals surface area (Å²) in [6.07, 6.45) is 1.97. The molecule has 0 atom stereocenters. The molecule has 0 unspecified atom stereocenters. The van der Waals surface area contributed by atoms with Crippen LogP contribution in [-0.4, -0.2) is 35.7 Å². The topological polar surface area (TPSA) is 47.5 Å². The smallest absolute Gasteiger partial charge is 0.164 e. The second-order valence-corrected chi connectivity index (χ2v) is 3.17. The molecule has 0 radical (unpaired) electrons. The Labute approximate surface area is 73.9 Å². The van der Waals surface area contributed by atoms with Gasteiger partial charge in [-0.25, -0.2) is 0 Å². The van der Waals surface area contributed by atoms with E-state index < -0.39 is 6.35 Å². The van der Waals surface area contributed by atoms with Gasteiger partial charge in [0.05, 0.1) is 0 Å². The first-order valence-electron chi connectivity index (χ1n) is 4.72. The maximum atomic E-state index is 8.95. The number of nitrogens with one attached hydrogen (secondary N) is 2. The fraction of sp³-hybridized carbons (Fsp3) is 1.00. The molecule has 1 fully saturated rings. The van der Waals surface area contributed by atoms with E-state index in [1.807, 2.05) is 0 Å². The van der Waals surface area contributed by atoms with Gasteiger partial charge in [0.25, 0.3) is 0 Å². The molecular formula is C8H19N3O. The van der Waals surface area contributed by atoms with Gasteiger partial charge >= 0.3 is 0 Å². The average Bonchev–Trinajstić information content (AvgIpc) is 1.99. The number of rotatable bonds is 5. The first-order chi connectivity index (χ1) is 5.77. The molecule has 72 valence electrons. The van der Waals surface area contributed by atoms with Crippen LogP contribution in [0.1, 0.15) is 26.7 Å². The van der Waals surface area contributed by atoms with Crippen LogP contribution in [0.5, 0.6) is 0 Å². The van der Waals surface area contributed by atoms with Gasteiger partial charge in [0, 0.05) is 13.1 Å². The molecule has 4 nitrogen and oxygen atoms in total. The van der Waals surface area contributed by atoms with Crippen LogP contribution in [-0.2, 0) is 0 Å². The summed E-state index contributed by atoms with van der Waals surface area (Å²) in [5.41, 5.74) is 0. The highest BCUT2D eigenvalue weighted by Gasteiger charge is 2.28. The van der Waals surface area contributed by atoms with Crippen molar-refractivity contribution in [1.82, 2.24) is 15.5 Å². The van der Waals surface area contributed by atoms with Gasteiger partial charge in [-0.05, 0) is 12.8 Å². The number of aliphatic hydroxyl groups excluding tert-OH is 1. The first kappa shape index (κ1) is 9.92. The minimum absolute atomic E-state index is 0.180. The first-order valence-corrected chi connectivity index (χ1v) is 4.72. The van der Waals surface area contributed by atoms with Gasteiger partial charge in [-0.1, -0.05) is 13.8 Å². The minimum atomic E-state index is -0.508. The standard InChI is InChI=1S/C8H19N3O/c1-3-5-11(6-4-2)7-9-8(12)10-7/h7-10,12H,3-6H2,1-2H3. The Hall–Kier alpha value is -0.160. The van der Waals surface area contributed by atoms with Gasteiger partial charge in [-0.3, -0.25) is 15.5 Å². The van der Waals surface area contributed by atoms with Crippen LogP contribution in [0.2, 0.25) is 0 Å². The van der Waals surface area contributed by atoms with Crippen molar-refractivity contribution < 1.29 is 5.11 Å². The van der Waals surface area contributed by atoms with E-state index in [2.05, 4.69) is 29.4 Å². The van der Waals surface area contributed by atoms with Crippen LogP contribution in [0.3, 0.4) is 0 Å². The van der Waals surface area contributed by atoms with Crippen LogP contribution < -0.4 is 10.6 Å². The molecule has 3 N–H and O–H groups in total. The SMILES string of the molecule is CCCN(CCC)C1NC(O)N1. The van der Waals surface area contributed by atoms with Crippen LogP contribution in [0.4, 0.5) is 0 Å². The average molecular weight is 173 g/mol. The summed E-state index contributed by atoms with van der Waals surface area (Å²) in [5, 5.41) is 14.9. The fourth-order valence-electron chi connectivity index (χ4n) is 1.45. The Balaban J connectivity index is 2.22. The van der Waals surface area contributed by atoms with Crippen molar-refractivity contribution in [2.75, 3.05) is 13.1 Å². The van der Waals surface area contributed by atoms with Gasteiger partial charge in [0.15, 0.2) is 6.35 Å². The maximum absolute atomic E-state index is 8.95. The van der Waals surface area contributed by atoms with Crippen LogP contribution in [0.15, 0.2) is 0 Å². The monoisotopic (exact) mass is 173 g/mol. The van der Waals surface area contributed by atoms with Crippen molar-refractivity contribution in [3.05, 3.63) is 0 Å². The lowest BCUT2D eigenvalue weighted by atomic mass is 10.3. The van der Waals surface area contributed by atoms with Crippen molar-refractivity contribution in [1.29, 1.82) is 0 Å². The predicted molar refractivity (Wildman–Crippen MR) is 48.2 cm³/mol. The highest BCUT2D eigenvalue weighted by molar-refractivity contribution is 4.76.